The summed E-state index contributed by atoms with van der Waals surface area (Å²) >= 11 is 0. The van der Waals surface area contributed by atoms with Crippen LogP contribution in [0.25, 0.3) is 0 Å². The Morgan fingerprint density at radius 3 is 2.79 bits per heavy atom. The molecular formula is C16H29N3. The molecular weight excluding hydrogens is 234 g/mol. The summed E-state index contributed by atoms with van der Waals surface area (Å²) in [6.07, 6.45) is 12.1. The predicted molar refractivity (Wildman–Crippen MR) is 80.5 cm³/mol. The van der Waals surface area contributed by atoms with Gasteiger partial charge in [-0.3, -0.25) is 0 Å². The van der Waals surface area contributed by atoms with Gasteiger partial charge in [-0.15, -0.1) is 0 Å². The van der Waals surface area contributed by atoms with Crippen LogP contribution in [-0.4, -0.2) is 35.0 Å². The molecule has 0 aromatic rings. The van der Waals surface area contributed by atoms with Crippen LogP contribution in [0.4, 0.5) is 0 Å². The van der Waals surface area contributed by atoms with Gasteiger partial charge in [-0.05, 0) is 45.4 Å². The van der Waals surface area contributed by atoms with E-state index in [0.717, 1.165) is 12.1 Å². The molecule has 4 atom stereocenters. The SMILES string of the molecule is CCCCC[C@H]1C[C@H]2CCC[C@H]3C[C@@H](C)NC(=N1)N23. The third-order valence-corrected chi connectivity index (χ3v) is 5.10. The number of rotatable bonds is 4. The molecule has 108 valence electrons. The first-order chi connectivity index (χ1) is 9.28. The van der Waals surface area contributed by atoms with Crippen LogP contribution < -0.4 is 5.32 Å². The average Bonchev–Trinajstić information content (AvgIpc) is 2.38. The first-order valence-electron chi connectivity index (χ1n) is 8.40. The Kier molecular flexibility index (Phi) is 3.99. The molecule has 1 N–H and O–H groups in total. The zero-order valence-electron chi connectivity index (χ0n) is 12.6. The Morgan fingerprint density at radius 1 is 1.21 bits per heavy atom. The minimum atomic E-state index is 0.583. The Balaban J connectivity index is 1.71. The molecule has 3 heteroatoms. The van der Waals surface area contributed by atoms with E-state index < -0.39 is 0 Å². The molecule has 0 amide bonds. The Hall–Kier alpha value is -0.730. The van der Waals surface area contributed by atoms with Gasteiger partial charge in [-0.1, -0.05) is 26.2 Å². The van der Waals surface area contributed by atoms with Crippen LogP contribution in [0.15, 0.2) is 4.99 Å². The highest BCUT2D eigenvalue weighted by molar-refractivity contribution is 5.82. The van der Waals surface area contributed by atoms with E-state index in [9.17, 15) is 0 Å². The number of unbranched alkanes of at least 4 members (excludes halogenated alkanes) is 2. The summed E-state index contributed by atoms with van der Waals surface area (Å²) in [5, 5.41) is 3.64. The number of guanidine groups is 1. The highest BCUT2D eigenvalue weighted by Gasteiger charge is 2.40. The molecule has 0 unspecified atom stereocenters. The summed E-state index contributed by atoms with van der Waals surface area (Å²) in [6, 6.07) is 2.73. The standard InChI is InChI=1S/C16H29N3/c1-3-4-5-7-13-11-15-9-6-8-14-10-12(2)17-16(18-13)19(14)15/h12-15H,3-11H2,1-2H3,(H,17,18)/t12-,13+,14+,15-/m1/s1. The van der Waals surface area contributed by atoms with Crippen molar-refractivity contribution in [1.82, 2.24) is 10.2 Å². The average molecular weight is 263 g/mol. The zero-order valence-corrected chi connectivity index (χ0v) is 12.6. The summed E-state index contributed by atoms with van der Waals surface area (Å²) in [6.45, 7) is 4.59. The van der Waals surface area contributed by atoms with Crippen molar-refractivity contribution in [3.8, 4) is 0 Å². The van der Waals surface area contributed by atoms with Crippen LogP contribution >= 0.6 is 0 Å². The molecule has 0 saturated carbocycles. The van der Waals surface area contributed by atoms with Gasteiger partial charge in [0.05, 0.1) is 6.04 Å². The molecule has 2 saturated heterocycles. The molecule has 3 aliphatic heterocycles. The van der Waals surface area contributed by atoms with Crippen LogP contribution in [-0.2, 0) is 0 Å². The van der Waals surface area contributed by atoms with Crippen LogP contribution in [0.3, 0.4) is 0 Å². The zero-order chi connectivity index (χ0) is 13.2. The molecule has 3 heterocycles. The lowest BCUT2D eigenvalue weighted by atomic mass is 9.85. The second-order valence-electron chi connectivity index (χ2n) is 6.76. The van der Waals surface area contributed by atoms with Crippen LogP contribution in [0, 0.1) is 0 Å². The van der Waals surface area contributed by atoms with Gasteiger partial charge in [0.25, 0.3) is 0 Å². The van der Waals surface area contributed by atoms with E-state index in [4.69, 9.17) is 4.99 Å². The minimum Gasteiger partial charge on any atom is -0.354 e. The topological polar surface area (TPSA) is 27.6 Å². The van der Waals surface area contributed by atoms with E-state index in [2.05, 4.69) is 24.1 Å². The lowest BCUT2D eigenvalue weighted by Gasteiger charge is -2.52. The summed E-state index contributed by atoms with van der Waals surface area (Å²) in [7, 11) is 0. The minimum absolute atomic E-state index is 0.583. The van der Waals surface area contributed by atoms with Crippen LogP contribution in [0.1, 0.15) is 71.6 Å². The van der Waals surface area contributed by atoms with Crippen molar-refractivity contribution in [2.75, 3.05) is 0 Å². The monoisotopic (exact) mass is 263 g/mol. The molecule has 0 aliphatic carbocycles. The van der Waals surface area contributed by atoms with E-state index in [1.807, 2.05) is 0 Å². The third kappa shape index (κ3) is 2.75. The van der Waals surface area contributed by atoms with Crippen LogP contribution in [0.5, 0.6) is 0 Å². The van der Waals surface area contributed by atoms with Gasteiger partial charge in [0.2, 0.25) is 0 Å². The molecule has 0 aromatic heterocycles. The van der Waals surface area contributed by atoms with Gasteiger partial charge in [-0.25, -0.2) is 4.99 Å². The fourth-order valence-corrected chi connectivity index (χ4v) is 4.19. The molecule has 0 spiro atoms. The van der Waals surface area contributed by atoms with Gasteiger partial charge < -0.3 is 10.2 Å². The number of hydrogen-bond donors (Lipinski definition) is 1. The Morgan fingerprint density at radius 2 is 2.00 bits per heavy atom. The van der Waals surface area contributed by atoms with Gasteiger partial charge in [-0.2, -0.15) is 0 Å². The number of aliphatic imine (C=N–C) groups is 1. The molecule has 3 aliphatic rings. The molecule has 0 radical (unpaired) electrons. The second kappa shape index (κ2) is 5.72. The van der Waals surface area contributed by atoms with E-state index >= 15 is 0 Å². The molecule has 0 aromatic carbocycles. The van der Waals surface area contributed by atoms with Crippen molar-refractivity contribution < 1.29 is 0 Å². The van der Waals surface area contributed by atoms with Crippen molar-refractivity contribution in [2.45, 2.75) is 95.8 Å². The normalized spacial score (nSPS) is 37.4. The van der Waals surface area contributed by atoms with Gasteiger partial charge in [0, 0.05) is 18.1 Å². The Bertz CT molecular complexity index is 339. The maximum atomic E-state index is 5.04. The number of nitrogens with one attached hydrogen (secondary N) is 1. The van der Waals surface area contributed by atoms with Crippen molar-refractivity contribution in [3.05, 3.63) is 0 Å². The summed E-state index contributed by atoms with van der Waals surface area (Å²) < 4.78 is 0. The van der Waals surface area contributed by atoms with E-state index in [1.54, 1.807) is 0 Å². The lowest BCUT2D eigenvalue weighted by molar-refractivity contribution is 0.102. The fraction of sp³-hybridized carbons (Fsp3) is 0.938. The first-order valence-corrected chi connectivity index (χ1v) is 8.40. The van der Waals surface area contributed by atoms with Gasteiger partial charge in [0.1, 0.15) is 0 Å². The predicted octanol–water partition coefficient (Wildman–Crippen LogP) is 3.30. The van der Waals surface area contributed by atoms with E-state index in [1.165, 1.54) is 63.7 Å². The number of piperidine rings is 1. The maximum absolute atomic E-state index is 5.04. The fourth-order valence-electron chi connectivity index (χ4n) is 4.19. The number of nitrogens with zero attached hydrogens (tertiary/aromatic N) is 2. The quantitative estimate of drug-likeness (QED) is 0.788. The second-order valence-corrected chi connectivity index (χ2v) is 6.76. The molecule has 19 heavy (non-hydrogen) atoms. The maximum Gasteiger partial charge on any atom is 0.194 e. The van der Waals surface area contributed by atoms with E-state index in [-0.39, 0.29) is 0 Å². The van der Waals surface area contributed by atoms with Gasteiger partial charge >= 0.3 is 0 Å². The highest BCUT2D eigenvalue weighted by atomic mass is 15.4. The van der Waals surface area contributed by atoms with Crippen molar-refractivity contribution >= 4 is 5.96 Å². The molecule has 3 nitrogen and oxygen atoms in total. The van der Waals surface area contributed by atoms with Crippen molar-refractivity contribution in [3.63, 3.8) is 0 Å². The summed E-state index contributed by atoms with van der Waals surface area (Å²) in [5.74, 6) is 1.24. The van der Waals surface area contributed by atoms with E-state index in [0.29, 0.717) is 12.1 Å². The van der Waals surface area contributed by atoms with Crippen LogP contribution in [0.2, 0.25) is 0 Å². The smallest absolute Gasteiger partial charge is 0.194 e. The summed E-state index contributed by atoms with van der Waals surface area (Å²) in [4.78, 5) is 7.68. The highest BCUT2D eigenvalue weighted by Crippen LogP contribution is 2.35. The molecule has 2 fully saturated rings. The number of hydrogen-bond acceptors (Lipinski definition) is 3. The molecule has 0 bridgehead atoms. The van der Waals surface area contributed by atoms with Crippen molar-refractivity contribution in [1.29, 1.82) is 0 Å². The Labute approximate surface area is 117 Å². The first kappa shape index (κ1) is 13.3. The van der Waals surface area contributed by atoms with Crippen molar-refractivity contribution in [2.24, 2.45) is 4.99 Å². The summed E-state index contributed by atoms with van der Waals surface area (Å²) in [5.41, 5.74) is 0. The third-order valence-electron chi connectivity index (χ3n) is 5.10. The molecule has 3 rings (SSSR count). The van der Waals surface area contributed by atoms with Gasteiger partial charge in [0.15, 0.2) is 5.96 Å². The lowest BCUT2D eigenvalue weighted by Crippen LogP contribution is -2.64. The largest absolute Gasteiger partial charge is 0.354 e.